The first-order valence-corrected chi connectivity index (χ1v) is 6.28. The number of nitrogens with zero attached hydrogens (tertiary/aromatic N) is 1. The van der Waals surface area contributed by atoms with Gasteiger partial charge in [0.05, 0.1) is 0 Å². The Morgan fingerprint density at radius 3 is 2.68 bits per heavy atom. The molecule has 19 heavy (non-hydrogen) atoms. The minimum Gasteiger partial charge on any atom is -0.343 e. The summed E-state index contributed by atoms with van der Waals surface area (Å²) in [6.07, 6.45) is 2.02. The summed E-state index contributed by atoms with van der Waals surface area (Å²) < 4.78 is 15.3. The van der Waals surface area contributed by atoms with Crippen molar-refractivity contribution in [3.8, 4) is 0 Å². The molecule has 0 saturated heterocycles. The molecule has 0 bridgehead atoms. The van der Waals surface area contributed by atoms with Crippen LogP contribution in [0.4, 0.5) is 4.39 Å². The van der Waals surface area contributed by atoms with E-state index >= 15 is 0 Å². The molecule has 0 fully saturated rings. The Morgan fingerprint density at radius 2 is 1.89 bits per heavy atom. The molecule has 0 saturated carbocycles. The van der Waals surface area contributed by atoms with Crippen LogP contribution in [0.5, 0.6) is 0 Å². The molecule has 0 radical (unpaired) electrons. The van der Waals surface area contributed by atoms with Gasteiger partial charge in [-0.05, 0) is 46.8 Å². The molecule has 0 amide bonds. The fourth-order valence-corrected chi connectivity index (χ4v) is 2.35. The van der Waals surface area contributed by atoms with E-state index < -0.39 is 0 Å². The van der Waals surface area contributed by atoms with Gasteiger partial charge in [-0.15, -0.1) is 0 Å². The third-order valence-corrected chi connectivity index (χ3v) is 3.31. The molecular weight excluding hydrogens is 239 g/mol. The van der Waals surface area contributed by atoms with E-state index in [2.05, 4.69) is 22.8 Å². The lowest BCUT2D eigenvalue weighted by Gasteiger charge is -2.06. The molecule has 2 aromatic carbocycles. The maximum atomic E-state index is 13.2. The first kappa shape index (κ1) is 11.9. The van der Waals surface area contributed by atoms with Crippen molar-refractivity contribution >= 4 is 10.9 Å². The number of benzene rings is 2. The quantitative estimate of drug-likeness (QED) is 0.764. The molecule has 1 aromatic heterocycles. The van der Waals surface area contributed by atoms with Gasteiger partial charge >= 0.3 is 0 Å². The number of fused-ring (bicyclic) bond motifs is 1. The lowest BCUT2D eigenvalue weighted by molar-refractivity contribution is 0.624. The summed E-state index contributed by atoms with van der Waals surface area (Å²) in [6.45, 7) is 1.22. The Morgan fingerprint density at radius 1 is 1.00 bits per heavy atom. The van der Waals surface area contributed by atoms with Crippen LogP contribution in [0.15, 0.2) is 54.7 Å². The zero-order chi connectivity index (χ0) is 13.2. The Bertz CT molecular complexity index is 716. The zero-order valence-corrected chi connectivity index (χ0v) is 10.5. The molecule has 96 valence electrons. The van der Waals surface area contributed by atoms with Gasteiger partial charge in [-0.1, -0.05) is 18.2 Å². The number of rotatable bonds is 3. The van der Waals surface area contributed by atoms with Gasteiger partial charge in [-0.25, -0.2) is 4.39 Å². The van der Waals surface area contributed by atoms with E-state index in [0.29, 0.717) is 13.1 Å². The molecule has 2 nitrogen and oxygen atoms in total. The van der Waals surface area contributed by atoms with Gasteiger partial charge in [-0.2, -0.15) is 0 Å². The standard InChI is InChI=1S/C16H15FN2/c17-15-3-1-2-13(9-15)11-19-7-6-14-8-12(10-18)4-5-16(14)19/h1-9H,10-11,18H2. The zero-order valence-electron chi connectivity index (χ0n) is 10.5. The number of aromatic nitrogens is 1. The minimum absolute atomic E-state index is 0.195. The van der Waals surface area contributed by atoms with Crippen LogP contribution < -0.4 is 5.73 Å². The molecule has 0 aliphatic rings. The first-order valence-electron chi connectivity index (χ1n) is 6.28. The number of hydrogen-bond donors (Lipinski definition) is 1. The largest absolute Gasteiger partial charge is 0.343 e. The summed E-state index contributed by atoms with van der Waals surface area (Å²) in [5, 5.41) is 1.17. The Labute approximate surface area is 111 Å². The highest BCUT2D eigenvalue weighted by molar-refractivity contribution is 5.81. The third kappa shape index (κ3) is 2.37. The summed E-state index contributed by atoms with van der Waals surface area (Å²) in [5.74, 6) is -0.195. The smallest absolute Gasteiger partial charge is 0.123 e. The van der Waals surface area contributed by atoms with E-state index in [1.54, 1.807) is 12.1 Å². The molecule has 0 spiro atoms. The van der Waals surface area contributed by atoms with Crippen LogP contribution in [0.1, 0.15) is 11.1 Å². The van der Waals surface area contributed by atoms with Crippen molar-refractivity contribution in [2.75, 3.05) is 0 Å². The molecular formula is C16H15FN2. The van der Waals surface area contributed by atoms with Gasteiger partial charge < -0.3 is 10.3 Å². The maximum absolute atomic E-state index is 13.2. The second kappa shape index (κ2) is 4.86. The second-order valence-electron chi connectivity index (χ2n) is 4.67. The van der Waals surface area contributed by atoms with E-state index in [0.717, 1.165) is 16.6 Å². The van der Waals surface area contributed by atoms with Crippen LogP contribution in [0, 0.1) is 5.82 Å². The first-order chi connectivity index (χ1) is 9.26. The predicted molar refractivity (Wildman–Crippen MR) is 75.3 cm³/mol. The normalized spacial score (nSPS) is 11.1. The van der Waals surface area contributed by atoms with Crippen molar-refractivity contribution in [3.05, 3.63) is 71.7 Å². The Hall–Kier alpha value is -2.13. The second-order valence-corrected chi connectivity index (χ2v) is 4.67. The summed E-state index contributed by atoms with van der Waals surface area (Å²) in [5.41, 5.74) is 8.86. The SMILES string of the molecule is NCc1ccc2c(ccn2Cc2cccc(F)c2)c1. The van der Waals surface area contributed by atoms with Gasteiger partial charge in [0.2, 0.25) is 0 Å². The lowest BCUT2D eigenvalue weighted by atomic mass is 10.1. The summed E-state index contributed by atoms with van der Waals surface area (Å²) in [4.78, 5) is 0. The van der Waals surface area contributed by atoms with Crippen molar-refractivity contribution in [2.24, 2.45) is 5.73 Å². The van der Waals surface area contributed by atoms with Crippen LogP contribution >= 0.6 is 0 Å². The highest BCUT2D eigenvalue weighted by Gasteiger charge is 2.03. The van der Waals surface area contributed by atoms with Crippen LogP contribution in [0.25, 0.3) is 10.9 Å². The monoisotopic (exact) mass is 254 g/mol. The Balaban J connectivity index is 1.97. The van der Waals surface area contributed by atoms with Crippen LogP contribution in [-0.2, 0) is 13.1 Å². The molecule has 1 heterocycles. The van der Waals surface area contributed by atoms with E-state index in [1.165, 1.54) is 11.5 Å². The topological polar surface area (TPSA) is 30.9 Å². The number of hydrogen-bond acceptors (Lipinski definition) is 1. The molecule has 3 rings (SSSR count). The fraction of sp³-hybridized carbons (Fsp3) is 0.125. The van der Waals surface area contributed by atoms with E-state index in [4.69, 9.17) is 5.73 Å². The van der Waals surface area contributed by atoms with E-state index in [1.807, 2.05) is 18.3 Å². The average Bonchev–Trinajstić information content (AvgIpc) is 2.81. The third-order valence-electron chi connectivity index (χ3n) is 3.31. The van der Waals surface area contributed by atoms with Crippen molar-refractivity contribution in [3.63, 3.8) is 0 Å². The molecule has 0 aliphatic heterocycles. The van der Waals surface area contributed by atoms with Gasteiger partial charge in [0.25, 0.3) is 0 Å². The molecule has 2 N–H and O–H groups in total. The van der Waals surface area contributed by atoms with Gasteiger partial charge in [0.1, 0.15) is 5.82 Å². The fourth-order valence-electron chi connectivity index (χ4n) is 2.35. The lowest BCUT2D eigenvalue weighted by Crippen LogP contribution is -1.99. The molecule has 3 heteroatoms. The number of halogens is 1. The summed E-state index contributed by atoms with van der Waals surface area (Å²) >= 11 is 0. The van der Waals surface area contributed by atoms with Gasteiger partial charge in [-0.3, -0.25) is 0 Å². The highest BCUT2D eigenvalue weighted by atomic mass is 19.1. The maximum Gasteiger partial charge on any atom is 0.123 e. The summed E-state index contributed by atoms with van der Waals surface area (Å²) in [7, 11) is 0. The predicted octanol–water partition coefficient (Wildman–Crippen LogP) is 3.29. The average molecular weight is 254 g/mol. The Kier molecular flexibility index (Phi) is 3.05. The van der Waals surface area contributed by atoms with Gasteiger partial charge in [0.15, 0.2) is 0 Å². The molecule has 3 aromatic rings. The van der Waals surface area contributed by atoms with Crippen molar-refractivity contribution in [1.82, 2.24) is 4.57 Å². The van der Waals surface area contributed by atoms with Gasteiger partial charge in [0, 0.05) is 24.8 Å². The molecule has 0 aliphatic carbocycles. The van der Waals surface area contributed by atoms with E-state index in [9.17, 15) is 4.39 Å². The van der Waals surface area contributed by atoms with Crippen LogP contribution in [0.2, 0.25) is 0 Å². The van der Waals surface area contributed by atoms with Crippen molar-refractivity contribution in [2.45, 2.75) is 13.1 Å². The van der Waals surface area contributed by atoms with E-state index in [-0.39, 0.29) is 5.82 Å². The molecule has 0 atom stereocenters. The number of nitrogens with two attached hydrogens (primary N) is 1. The van der Waals surface area contributed by atoms with Crippen LogP contribution in [-0.4, -0.2) is 4.57 Å². The molecule has 0 unspecified atom stereocenters. The van der Waals surface area contributed by atoms with Crippen molar-refractivity contribution < 1.29 is 4.39 Å². The van der Waals surface area contributed by atoms with Crippen LogP contribution in [0.3, 0.4) is 0 Å². The highest BCUT2D eigenvalue weighted by Crippen LogP contribution is 2.19. The van der Waals surface area contributed by atoms with Crippen molar-refractivity contribution in [1.29, 1.82) is 0 Å². The summed E-state index contributed by atoms with van der Waals surface area (Å²) in [6, 6.07) is 15.0. The minimum atomic E-state index is -0.195.